The van der Waals surface area contributed by atoms with Gasteiger partial charge in [-0.1, -0.05) is 30.3 Å². The maximum atomic E-state index is 14.6. The summed E-state index contributed by atoms with van der Waals surface area (Å²) >= 11 is 6.32. The molecular formula is C23H26ClFN2O3. The lowest BCUT2D eigenvalue weighted by atomic mass is 10.0. The van der Waals surface area contributed by atoms with E-state index in [1.54, 1.807) is 36.4 Å². The number of rotatable bonds is 9. The summed E-state index contributed by atoms with van der Waals surface area (Å²) in [5.74, 6) is 0.346. The van der Waals surface area contributed by atoms with Crippen LogP contribution in [0.1, 0.15) is 34.8 Å². The van der Waals surface area contributed by atoms with Crippen LogP contribution < -0.4 is 14.8 Å². The monoisotopic (exact) mass is 432 g/mol. The highest BCUT2D eigenvalue weighted by Crippen LogP contribution is 2.32. The van der Waals surface area contributed by atoms with E-state index < -0.39 is 0 Å². The van der Waals surface area contributed by atoms with Gasteiger partial charge in [0.2, 0.25) is 0 Å². The van der Waals surface area contributed by atoms with Gasteiger partial charge in [0.05, 0.1) is 13.2 Å². The summed E-state index contributed by atoms with van der Waals surface area (Å²) in [6.45, 7) is 5.88. The fraction of sp³-hybridized carbons (Fsp3) is 0.348. The zero-order chi connectivity index (χ0) is 21.5. The molecule has 0 radical (unpaired) electrons. The largest absolute Gasteiger partial charge is 0.493 e. The van der Waals surface area contributed by atoms with Gasteiger partial charge in [-0.2, -0.15) is 0 Å². The Bertz CT molecular complexity index is 880. The van der Waals surface area contributed by atoms with Crippen LogP contribution in [0.5, 0.6) is 11.5 Å². The van der Waals surface area contributed by atoms with Crippen LogP contribution in [-0.2, 0) is 0 Å². The number of likely N-dealkylation sites (tertiary alicyclic amines) is 1. The lowest BCUT2D eigenvalue weighted by Crippen LogP contribution is -2.37. The molecule has 0 bridgehead atoms. The lowest BCUT2D eigenvalue weighted by molar-refractivity contribution is 0.0936. The zero-order valence-electron chi connectivity index (χ0n) is 17.0. The van der Waals surface area contributed by atoms with E-state index >= 15 is 0 Å². The minimum Gasteiger partial charge on any atom is -0.493 e. The van der Waals surface area contributed by atoms with Crippen LogP contribution in [0.4, 0.5) is 4.39 Å². The van der Waals surface area contributed by atoms with Crippen LogP contribution in [0.15, 0.2) is 49.1 Å². The second-order valence-corrected chi connectivity index (χ2v) is 7.48. The molecule has 0 spiro atoms. The third-order valence-corrected chi connectivity index (χ3v) is 5.48. The van der Waals surface area contributed by atoms with Crippen LogP contribution in [0.2, 0.25) is 5.02 Å². The van der Waals surface area contributed by atoms with Crippen molar-refractivity contribution in [1.29, 1.82) is 0 Å². The minimum atomic E-state index is -0.362. The van der Waals surface area contributed by atoms with E-state index in [9.17, 15) is 9.18 Å². The Hall–Kier alpha value is -2.57. The molecule has 1 aliphatic rings. The van der Waals surface area contributed by atoms with Gasteiger partial charge < -0.3 is 14.8 Å². The Morgan fingerprint density at radius 2 is 2.07 bits per heavy atom. The SMILES string of the molecule is C=CCOc1ccc(C(=O)NCC(c2c(F)cccc2Cl)N2CCCC2)cc1OC. The molecule has 0 aromatic heterocycles. The van der Waals surface area contributed by atoms with Crippen molar-refractivity contribution in [3.8, 4) is 11.5 Å². The van der Waals surface area contributed by atoms with E-state index in [0.717, 1.165) is 25.9 Å². The number of methoxy groups -OCH3 is 1. The normalized spacial score (nSPS) is 14.9. The fourth-order valence-corrected chi connectivity index (χ4v) is 3.95. The predicted molar refractivity (Wildman–Crippen MR) is 116 cm³/mol. The van der Waals surface area contributed by atoms with Crippen LogP contribution in [-0.4, -0.2) is 44.2 Å². The van der Waals surface area contributed by atoms with Gasteiger partial charge in [-0.15, -0.1) is 0 Å². The van der Waals surface area contributed by atoms with Gasteiger partial charge in [-0.25, -0.2) is 4.39 Å². The number of carbonyl (C=O) groups is 1. The summed E-state index contributed by atoms with van der Waals surface area (Å²) in [4.78, 5) is 15.0. The number of ether oxygens (including phenoxy) is 2. The second-order valence-electron chi connectivity index (χ2n) is 7.07. The quantitative estimate of drug-likeness (QED) is 0.587. The Labute approximate surface area is 181 Å². The van der Waals surface area contributed by atoms with Crippen LogP contribution in [0.3, 0.4) is 0 Å². The summed E-state index contributed by atoms with van der Waals surface area (Å²) in [6, 6.07) is 9.30. The molecule has 0 saturated carbocycles. The van der Waals surface area contributed by atoms with Gasteiger partial charge in [0.1, 0.15) is 12.4 Å². The van der Waals surface area contributed by atoms with Gasteiger partial charge in [0.25, 0.3) is 5.91 Å². The molecule has 2 aromatic rings. The van der Waals surface area contributed by atoms with Gasteiger partial charge in [-0.05, 0) is 56.3 Å². The topological polar surface area (TPSA) is 50.8 Å². The highest BCUT2D eigenvalue weighted by molar-refractivity contribution is 6.31. The molecule has 160 valence electrons. The van der Waals surface area contributed by atoms with Crippen molar-refractivity contribution >= 4 is 17.5 Å². The number of nitrogens with zero attached hydrogens (tertiary/aromatic N) is 1. The van der Waals surface area contributed by atoms with Crippen molar-refractivity contribution in [2.24, 2.45) is 0 Å². The minimum absolute atomic E-state index is 0.247. The summed E-state index contributed by atoms with van der Waals surface area (Å²) in [5.41, 5.74) is 0.852. The zero-order valence-corrected chi connectivity index (χ0v) is 17.8. The van der Waals surface area contributed by atoms with Crippen LogP contribution >= 0.6 is 11.6 Å². The van der Waals surface area contributed by atoms with Crippen LogP contribution in [0.25, 0.3) is 0 Å². The first-order valence-corrected chi connectivity index (χ1v) is 10.3. The molecule has 5 nitrogen and oxygen atoms in total. The molecule has 1 unspecified atom stereocenters. The molecule has 7 heteroatoms. The van der Waals surface area contributed by atoms with E-state index in [4.69, 9.17) is 21.1 Å². The molecule has 1 aliphatic heterocycles. The van der Waals surface area contributed by atoms with Crippen molar-refractivity contribution < 1.29 is 18.7 Å². The Morgan fingerprint density at radius 1 is 1.30 bits per heavy atom. The summed E-state index contributed by atoms with van der Waals surface area (Å²) in [5, 5.41) is 3.29. The molecule has 1 saturated heterocycles. The third kappa shape index (κ3) is 5.12. The Balaban J connectivity index is 1.77. The molecule has 1 fully saturated rings. The van der Waals surface area contributed by atoms with Gasteiger partial charge in [0, 0.05) is 22.7 Å². The smallest absolute Gasteiger partial charge is 0.251 e. The predicted octanol–water partition coefficient (Wildman–Crippen LogP) is 4.62. The van der Waals surface area contributed by atoms with Gasteiger partial charge in [-0.3, -0.25) is 9.69 Å². The molecule has 30 heavy (non-hydrogen) atoms. The van der Waals surface area contributed by atoms with Crippen molar-refractivity contribution in [3.05, 3.63) is 71.0 Å². The van der Waals surface area contributed by atoms with E-state index in [1.165, 1.54) is 13.2 Å². The highest BCUT2D eigenvalue weighted by atomic mass is 35.5. The first-order valence-electron chi connectivity index (χ1n) is 9.93. The molecule has 1 atom stereocenters. The highest BCUT2D eigenvalue weighted by Gasteiger charge is 2.28. The van der Waals surface area contributed by atoms with Crippen molar-refractivity contribution in [1.82, 2.24) is 10.2 Å². The van der Waals surface area contributed by atoms with Crippen molar-refractivity contribution in [3.63, 3.8) is 0 Å². The van der Waals surface area contributed by atoms with Gasteiger partial charge >= 0.3 is 0 Å². The number of hydrogen-bond acceptors (Lipinski definition) is 4. The number of hydrogen-bond donors (Lipinski definition) is 1. The molecule has 3 rings (SSSR count). The van der Waals surface area contributed by atoms with Crippen molar-refractivity contribution in [2.75, 3.05) is 33.4 Å². The molecule has 0 aliphatic carbocycles. The van der Waals surface area contributed by atoms with Crippen molar-refractivity contribution in [2.45, 2.75) is 18.9 Å². The number of benzene rings is 2. The number of carbonyl (C=O) groups excluding carboxylic acids is 1. The maximum absolute atomic E-state index is 14.6. The van der Waals surface area contributed by atoms with Crippen LogP contribution in [0, 0.1) is 5.82 Å². The third-order valence-electron chi connectivity index (χ3n) is 5.15. The Morgan fingerprint density at radius 3 is 2.73 bits per heavy atom. The first-order chi connectivity index (χ1) is 14.5. The fourth-order valence-electron chi connectivity index (χ4n) is 3.66. The summed E-state index contributed by atoms with van der Waals surface area (Å²) in [6.07, 6.45) is 3.71. The molecule has 1 N–H and O–H groups in total. The van der Waals surface area contributed by atoms with E-state index in [0.29, 0.717) is 34.3 Å². The molecule has 1 heterocycles. The number of halogens is 2. The van der Waals surface area contributed by atoms with E-state index in [2.05, 4.69) is 16.8 Å². The average Bonchev–Trinajstić information content (AvgIpc) is 3.28. The lowest BCUT2D eigenvalue weighted by Gasteiger charge is -2.29. The molecule has 2 aromatic carbocycles. The summed E-state index contributed by atoms with van der Waals surface area (Å²) in [7, 11) is 1.52. The van der Waals surface area contributed by atoms with E-state index in [1.807, 2.05) is 0 Å². The van der Waals surface area contributed by atoms with Gasteiger partial charge in [0.15, 0.2) is 11.5 Å². The van der Waals surface area contributed by atoms with E-state index in [-0.39, 0.29) is 24.3 Å². The first kappa shape index (κ1) is 22.1. The molecule has 1 amide bonds. The Kier molecular flexibility index (Phi) is 7.71. The standard InChI is InChI=1S/C23H26ClFN2O3/c1-3-13-30-20-10-9-16(14-21(20)29-2)23(28)26-15-19(27-11-4-5-12-27)22-17(24)7-6-8-18(22)25/h3,6-10,14,19H,1,4-5,11-13,15H2,2H3,(H,26,28). The maximum Gasteiger partial charge on any atom is 0.251 e. The second kappa shape index (κ2) is 10.5. The molecular weight excluding hydrogens is 407 g/mol. The number of amides is 1. The average molecular weight is 433 g/mol. The summed E-state index contributed by atoms with van der Waals surface area (Å²) < 4.78 is 25.4. The number of nitrogens with one attached hydrogen (secondary N) is 1.